The maximum atomic E-state index is 12.1. The van der Waals surface area contributed by atoms with Crippen molar-refractivity contribution in [1.82, 2.24) is 15.1 Å². The Morgan fingerprint density at radius 3 is 2.05 bits per heavy atom. The molecule has 5 heteroatoms. The number of carbonyl (C=O) groups excluding carboxylic acids is 1. The van der Waals surface area contributed by atoms with Crippen molar-refractivity contribution in [1.29, 1.82) is 0 Å². The van der Waals surface area contributed by atoms with Crippen molar-refractivity contribution in [2.45, 2.75) is 58.6 Å². The van der Waals surface area contributed by atoms with Crippen molar-refractivity contribution < 1.29 is 9.53 Å². The molecule has 2 aliphatic rings. The number of hydrogen-bond acceptors (Lipinski definition) is 4. The Hall–Kier alpha value is -0.810. The number of carbonyl (C=O) groups is 1. The van der Waals surface area contributed by atoms with Crippen molar-refractivity contribution >= 4 is 6.09 Å². The molecule has 0 saturated carbocycles. The predicted octanol–water partition coefficient (Wildman–Crippen LogP) is 2.32. The number of rotatable bonds is 2. The van der Waals surface area contributed by atoms with E-state index < -0.39 is 5.60 Å². The lowest BCUT2D eigenvalue weighted by Gasteiger charge is -2.49. The first-order chi connectivity index (χ1) is 10.2. The summed E-state index contributed by atoms with van der Waals surface area (Å²) in [7, 11) is 0. The van der Waals surface area contributed by atoms with Crippen LogP contribution in [-0.2, 0) is 4.74 Å². The third-order valence-electron chi connectivity index (χ3n) is 5.08. The summed E-state index contributed by atoms with van der Waals surface area (Å²) >= 11 is 0. The second kappa shape index (κ2) is 6.75. The van der Waals surface area contributed by atoms with Gasteiger partial charge in [0.25, 0.3) is 0 Å². The van der Waals surface area contributed by atoms with E-state index in [4.69, 9.17) is 4.74 Å². The second-order valence-electron chi connectivity index (χ2n) is 8.13. The molecular weight excluding hydrogens is 278 g/mol. The smallest absolute Gasteiger partial charge is 0.410 e. The molecule has 1 amide bonds. The van der Waals surface area contributed by atoms with E-state index in [1.165, 1.54) is 12.8 Å². The lowest BCUT2D eigenvalue weighted by Crippen LogP contribution is -2.59. The summed E-state index contributed by atoms with van der Waals surface area (Å²) in [6, 6.07) is 0. The fraction of sp³-hybridized carbons (Fsp3) is 0.941. The van der Waals surface area contributed by atoms with Gasteiger partial charge in [0, 0.05) is 31.7 Å². The highest BCUT2D eigenvalue weighted by Gasteiger charge is 2.38. The Bertz CT molecular complexity index is 376. The van der Waals surface area contributed by atoms with Gasteiger partial charge in [-0.05, 0) is 66.5 Å². The molecule has 0 aromatic carbocycles. The van der Waals surface area contributed by atoms with Crippen molar-refractivity contribution in [3.8, 4) is 0 Å². The topological polar surface area (TPSA) is 44.8 Å². The SMILES string of the molecule is CC(C)(C)OC(=O)N1CCN(C(C)(C)C2CCNCC2)CC1. The van der Waals surface area contributed by atoms with Crippen LogP contribution in [0.15, 0.2) is 0 Å². The van der Waals surface area contributed by atoms with Gasteiger partial charge in [0.15, 0.2) is 0 Å². The average molecular weight is 311 g/mol. The van der Waals surface area contributed by atoms with Crippen molar-refractivity contribution in [3.05, 3.63) is 0 Å². The number of piperidine rings is 1. The Morgan fingerprint density at radius 1 is 1.00 bits per heavy atom. The van der Waals surface area contributed by atoms with Crippen molar-refractivity contribution in [2.75, 3.05) is 39.3 Å². The Labute approximate surface area is 135 Å². The number of ether oxygens (including phenoxy) is 1. The van der Waals surface area contributed by atoms with Gasteiger partial charge < -0.3 is 15.0 Å². The van der Waals surface area contributed by atoms with Gasteiger partial charge in [0.1, 0.15) is 5.60 Å². The Morgan fingerprint density at radius 2 is 1.55 bits per heavy atom. The molecule has 0 unspecified atom stereocenters. The molecule has 0 aromatic rings. The third kappa shape index (κ3) is 4.35. The van der Waals surface area contributed by atoms with Gasteiger partial charge in [-0.25, -0.2) is 4.79 Å². The maximum absolute atomic E-state index is 12.1. The van der Waals surface area contributed by atoms with Gasteiger partial charge in [-0.15, -0.1) is 0 Å². The van der Waals surface area contributed by atoms with E-state index in [2.05, 4.69) is 24.1 Å². The standard InChI is InChI=1S/C17H33N3O2/c1-16(2,3)22-15(21)19-10-12-20(13-11-19)17(4,5)14-6-8-18-9-7-14/h14,18H,6-13H2,1-5H3. The van der Waals surface area contributed by atoms with Gasteiger partial charge in [-0.1, -0.05) is 0 Å². The maximum Gasteiger partial charge on any atom is 0.410 e. The first-order valence-electron chi connectivity index (χ1n) is 8.64. The zero-order valence-electron chi connectivity index (χ0n) is 14.9. The van der Waals surface area contributed by atoms with Gasteiger partial charge in [0.2, 0.25) is 0 Å². The monoisotopic (exact) mass is 311 g/mol. The number of nitrogens with one attached hydrogen (secondary N) is 1. The zero-order valence-corrected chi connectivity index (χ0v) is 14.9. The number of hydrogen-bond donors (Lipinski definition) is 1. The van der Waals surface area contributed by atoms with E-state index >= 15 is 0 Å². The van der Waals surface area contributed by atoms with Crippen molar-refractivity contribution in [3.63, 3.8) is 0 Å². The molecule has 22 heavy (non-hydrogen) atoms. The second-order valence-corrected chi connectivity index (χ2v) is 8.13. The van der Waals surface area contributed by atoms with Crippen LogP contribution in [0.1, 0.15) is 47.5 Å². The zero-order chi connectivity index (χ0) is 16.4. The van der Waals surface area contributed by atoms with Crippen LogP contribution in [0.4, 0.5) is 4.79 Å². The van der Waals surface area contributed by atoms with Gasteiger partial charge in [-0.3, -0.25) is 4.90 Å². The van der Waals surface area contributed by atoms with Crippen molar-refractivity contribution in [2.24, 2.45) is 5.92 Å². The third-order valence-corrected chi connectivity index (χ3v) is 5.08. The van der Waals surface area contributed by atoms with Crippen LogP contribution in [0.5, 0.6) is 0 Å². The first-order valence-corrected chi connectivity index (χ1v) is 8.64. The van der Waals surface area contributed by atoms with Crippen LogP contribution in [0.25, 0.3) is 0 Å². The van der Waals surface area contributed by atoms with E-state index in [1.54, 1.807) is 0 Å². The average Bonchev–Trinajstić information content (AvgIpc) is 2.46. The molecule has 2 saturated heterocycles. The van der Waals surface area contributed by atoms with Crippen LogP contribution in [0.2, 0.25) is 0 Å². The molecular formula is C17H33N3O2. The molecule has 0 aromatic heterocycles. The van der Waals surface area contributed by atoms with E-state index in [9.17, 15) is 4.79 Å². The Balaban J connectivity index is 1.87. The number of piperazine rings is 1. The minimum absolute atomic E-state index is 0.174. The summed E-state index contributed by atoms with van der Waals surface area (Å²) in [6.07, 6.45) is 2.32. The molecule has 2 rings (SSSR count). The minimum Gasteiger partial charge on any atom is -0.444 e. The molecule has 1 N–H and O–H groups in total. The first kappa shape index (κ1) is 17.5. The van der Waals surface area contributed by atoms with Crippen LogP contribution in [0, 0.1) is 5.92 Å². The summed E-state index contributed by atoms with van der Waals surface area (Å²) < 4.78 is 5.47. The molecule has 2 aliphatic heterocycles. The van der Waals surface area contributed by atoms with Crippen LogP contribution >= 0.6 is 0 Å². The molecule has 0 bridgehead atoms. The van der Waals surface area contributed by atoms with Crippen LogP contribution < -0.4 is 5.32 Å². The van der Waals surface area contributed by atoms with Crippen LogP contribution in [-0.4, -0.2) is 66.3 Å². The minimum atomic E-state index is -0.414. The van der Waals surface area contributed by atoms with E-state index in [1.807, 2.05) is 25.7 Å². The lowest BCUT2D eigenvalue weighted by molar-refractivity contribution is -0.0137. The van der Waals surface area contributed by atoms with Crippen LogP contribution in [0.3, 0.4) is 0 Å². The highest BCUT2D eigenvalue weighted by molar-refractivity contribution is 5.68. The summed E-state index contributed by atoms with van der Waals surface area (Å²) in [4.78, 5) is 16.6. The molecule has 2 fully saturated rings. The summed E-state index contributed by atoms with van der Waals surface area (Å²) in [6.45, 7) is 16.2. The lowest BCUT2D eigenvalue weighted by atomic mass is 9.79. The molecule has 0 spiro atoms. The molecule has 128 valence electrons. The largest absolute Gasteiger partial charge is 0.444 e. The summed E-state index contributed by atoms with van der Waals surface area (Å²) in [5.74, 6) is 0.738. The van der Waals surface area contributed by atoms with E-state index in [0.717, 1.165) is 45.2 Å². The highest BCUT2D eigenvalue weighted by Crippen LogP contribution is 2.32. The van der Waals surface area contributed by atoms with Gasteiger partial charge in [0.05, 0.1) is 0 Å². The highest BCUT2D eigenvalue weighted by atomic mass is 16.6. The van der Waals surface area contributed by atoms with Gasteiger partial charge in [-0.2, -0.15) is 0 Å². The normalized spacial score (nSPS) is 22.7. The number of amides is 1. The number of nitrogens with zero attached hydrogens (tertiary/aromatic N) is 2. The van der Waals surface area contributed by atoms with E-state index in [0.29, 0.717) is 0 Å². The van der Waals surface area contributed by atoms with E-state index in [-0.39, 0.29) is 11.6 Å². The fourth-order valence-corrected chi connectivity index (χ4v) is 3.58. The summed E-state index contributed by atoms with van der Waals surface area (Å²) in [5.41, 5.74) is -0.204. The molecule has 5 nitrogen and oxygen atoms in total. The molecule has 0 atom stereocenters. The fourth-order valence-electron chi connectivity index (χ4n) is 3.58. The predicted molar refractivity (Wildman–Crippen MR) is 89.1 cm³/mol. The molecule has 2 heterocycles. The Kier molecular flexibility index (Phi) is 5.38. The molecule has 0 aliphatic carbocycles. The summed E-state index contributed by atoms with van der Waals surface area (Å²) in [5, 5.41) is 3.45. The molecule has 0 radical (unpaired) electrons. The quantitative estimate of drug-likeness (QED) is 0.850. The van der Waals surface area contributed by atoms with Gasteiger partial charge >= 0.3 is 6.09 Å².